The summed E-state index contributed by atoms with van der Waals surface area (Å²) in [4.78, 5) is 10.4. The van der Waals surface area contributed by atoms with Crippen LogP contribution in [-0.4, -0.2) is 17.0 Å². The monoisotopic (exact) mass is 237 g/mol. The van der Waals surface area contributed by atoms with Crippen LogP contribution in [0.5, 0.6) is 0 Å². The first-order valence-electron chi connectivity index (χ1n) is 4.90. The van der Waals surface area contributed by atoms with Gasteiger partial charge in [-0.3, -0.25) is 4.98 Å². The maximum Gasteiger partial charge on any atom is 0.147 e. The molecule has 0 fully saturated rings. The van der Waals surface area contributed by atoms with E-state index in [4.69, 9.17) is 16.0 Å². The molecular weight excluding hydrogens is 226 g/mol. The molecule has 0 aliphatic carbocycles. The van der Waals surface area contributed by atoms with E-state index in [1.807, 2.05) is 24.1 Å². The molecule has 16 heavy (non-hydrogen) atoms. The third-order valence-electron chi connectivity index (χ3n) is 2.19. The van der Waals surface area contributed by atoms with E-state index >= 15 is 0 Å². The molecule has 0 saturated carbocycles. The Kier molecular flexibility index (Phi) is 3.41. The molecule has 2 aromatic rings. The van der Waals surface area contributed by atoms with E-state index < -0.39 is 0 Å². The highest BCUT2D eigenvalue weighted by molar-refractivity contribution is 6.16. The zero-order chi connectivity index (χ0) is 11.4. The quantitative estimate of drug-likeness (QED) is 0.766. The fourth-order valence-electron chi connectivity index (χ4n) is 1.33. The Balaban J connectivity index is 2.05. The summed E-state index contributed by atoms with van der Waals surface area (Å²) < 4.78 is 5.26. The molecule has 0 spiro atoms. The number of aromatic nitrogens is 2. The Hall–Kier alpha value is -1.55. The first-order chi connectivity index (χ1) is 7.79. The SMILES string of the molecule is CN(Cc1ccco1)c1cnc(CCl)cn1. The second-order valence-electron chi connectivity index (χ2n) is 3.43. The molecule has 0 N–H and O–H groups in total. The molecule has 0 aliphatic rings. The topological polar surface area (TPSA) is 42.2 Å². The highest BCUT2D eigenvalue weighted by atomic mass is 35.5. The molecule has 0 amide bonds. The second-order valence-corrected chi connectivity index (χ2v) is 3.70. The van der Waals surface area contributed by atoms with Gasteiger partial charge in [0, 0.05) is 7.05 Å². The van der Waals surface area contributed by atoms with Crippen LogP contribution in [0.1, 0.15) is 11.5 Å². The van der Waals surface area contributed by atoms with Crippen molar-refractivity contribution in [1.82, 2.24) is 9.97 Å². The number of alkyl halides is 1. The zero-order valence-corrected chi connectivity index (χ0v) is 9.68. The number of rotatable bonds is 4. The summed E-state index contributed by atoms with van der Waals surface area (Å²) in [5.41, 5.74) is 0.775. The predicted molar refractivity (Wildman–Crippen MR) is 62.4 cm³/mol. The summed E-state index contributed by atoms with van der Waals surface area (Å²) >= 11 is 5.64. The number of anilines is 1. The van der Waals surface area contributed by atoms with Gasteiger partial charge in [-0.15, -0.1) is 11.6 Å². The standard InChI is InChI=1S/C11H12ClN3O/c1-15(8-10-3-2-4-16-10)11-7-13-9(5-12)6-14-11/h2-4,6-7H,5,8H2,1H3. The average molecular weight is 238 g/mol. The zero-order valence-electron chi connectivity index (χ0n) is 8.93. The van der Waals surface area contributed by atoms with E-state index in [2.05, 4.69) is 9.97 Å². The molecule has 0 saturated heterocycles. The van der Waals surface area contributed by atoms with Gasteiger partial charge < -0.3 is 9.32 Å². The first-order valence-corrected chi connectivity index (χ1v) is 5.43. The second kappa shape index (κ2) is 4.99. The Morgan fingerprint density at radius 2 is 2.25 bits per heavy atom. The van der Waals surface area contributed by atoms with Crippen molar-refractivity contribution in [3.8, 4) is 0 Å². The van der Waals surface area contributed by atoms with Gasteiger partial charge in [-0.05, 0) is 12.1 Å². The van der Waals surface area contributed by atoms with Crippen LogP contribution in [0.25, 0.3) is 0 Å². The molecule has 2 aromatic heterocycles. The van der Waals surface area contributed by atoms with Crippen molar-refractivity contribution in [1.29, 1.82) is 0 Å². The third-order valence-corrected chi connectivity index (χ3v) is 2.47. The van der Waals surface area contributed by atoms with Crippen molar-refractivity contribution >= 4 is 17.4 Å². The summed E-state index contributed by atoms with van der Waals surface area (Å²) in [6.45, 7) is 0.669. The Labute approximate surface area is 98.9 Å². The number of nitrogens with zero attached hydrogens (tertiary/aromatic N) is 3. The van der Waals surface area contributed by atoms with E-state index in [9.17, 15) is 0 Å². The molecule has 0 unspecified atom stereocenters. The van der Waals surface area contributed by atoms with E-state index in [0.29, 0.717) is 12.4 Å². The van der Waals surface area contributed by atoms with E-state index in [-0.39, 0.29) is 0 Å². The van der Waals surface area contributed by atoms with Crippen LogP contribution in [-0.2, 0) is 12.4 Å². The normalized spacial score (nSPS) is 10.4. The summed E-state index contributed by atoms with van der Waals surface area (Å²) in [6, 6.07) is 3.79. The number of hydrogen-bond donors (Lipinski definition) is 0. The molecule has 84 valence electrons. The summed E-state index contributed by atoms with van der Waals surface area (Å²) in [7, 11) is 1.94. The highest BCUT2D eigenvalue weighted by Crippen LogP contribution is 2.12. The van der Waals surface area contributed by atoms with Crippen LogP contribution < -0.4 is 4.90 Å². The van der Waals surface area contributed by atoms with Crippen LogP contribution in [0.2, 0.25) is 0 Å². The van der Waals surface area contributed by atoms with Gasteiger partial charge in [-0.1, -0.05) is 0 Å². The van der Waals surface area contributed by atoms with Crippen molar-refractivity contribution in [3.05, 3.63) is 42.2 Å². The van der Waals surface area contributed by atoms with Gasteiger partial charge in [-0.25, -0.2) is 4.98 Å². The highest BCUT2D eigenvalue weighted by Gasteiger charge is 2.05. The lowest BCUT2D eigenvalue weighted by Gasteiger charge is -2.15. The Morgan fingerprint density at radius 3 is 2.81 bits per heavy atom. The maximum atomic E-state index is 5.64. The smallest absolute Gasteiger partial charge is 0.147 e. The van der Waals surface area contributed by atoms with Gasteiger partial charge in [0.1, 0.15) is 11.6 Å². The van der Waals surface area contributed by atoms with Crippen molar-refractivity contribution in [3.63, 3.8) is 0 Å². The Bertz CT molecular complexity index is 427. The van der Waals surface area contributed by atoms with Gasteiger partial charge in [0.05, 0.1) is 36.8 Å². The molecule has 0 aromatic carbocycles. The van der Waals surface area contributed by atoms with E-state index in [1.54, 1.807) is 18.7 Å². The van der Waals surface area contributed by atoms with Gasteiger partial charge in [0.2, 0.25) is 0 Å². The lowest BCUT2D eigenvalue weighted by Crippen LogP contribution is -2.17. The van der Waals surface area contributed by atoms with Gasteiger partial charge >= 0.3 is 0 Å². The molecule has 5 heteroatoms. The van der Waals surface area contributed by atoms with Crippen LogP contribution >= 0.6 is 11.6 Å². The van der Waals surface area contributed by atoms with E-state index in [0.717, 1.165) is 17.3 Å². The van der Waals surface area contributed by atoms with Crippen LogP contribution in [0.15, 0.2) is 35.2 Å². The molecule has 4 nitrogen and oxygen atoms in total. The van der Waals surface area contributed by atoms with Crippen molar-refractivity contribution in [2.75, 3.05) is 11.9 Å². The number of furan rings is 1. The van der Waals surface area contributed by atoms with Crippen LogP contribution in [0.4, 0.5) is 5.82 Å². The van der Waals surface area contributed by atoms with Crippen LogP contribution in [0, 0.1) is 0 Å². The lowest BCUT2D eigenvalue weighted by molar-refractivity contribution is 0.507. The van der Waals surface area contributed by atoms with Crippen LogP contribution in [0.3, 0.4) is 0 Å². The van der Waals surface area contributed by atoms with Crippen molar-refractivity contribution in [2.45, 2.75) is 12.4 Å². The Morgan fingerprint density at radius 1 is 1.38 bits per heavy atom. The lowest BCUT2D eigenvalue weighted by atomic mass is 10.4. The molecule has 0 aliphatic heterocycles. The van der Waals surface area contributed by atoms with Crippen molar-refractivity contribution in [2.24, 2.45) is 0 Å². The maximum absolute atomic E-state index is 5.64. The number of halogens is 1. The minimum atomic E-state index is 0.384. The molecular formula is C11H12ClN3O. The minimum Gasteiger partial charge on any atom is -0.467 e. The predicted octanol–water partition coefficient (Wildman–Crippen LogP) is 2.44. The van der Waals surface area contributed by atoms with Gasteiger partial charge in [0.25, 0.3) is 0 Å². The minimum absolute atomic E-state index is 0.384. The summed E-state index contributed by atoms with van der Waals surface area (Å²) in [5.74, 6) is 2.07. The molecule has 2 rings (SSSR count). The van der Waals surface area contributed by atoms with Gasteiger partial charge in [-0.2, -0.15) is 0 Å². The molecule has 0 bridgehead atoms. The number of hydrogen-bond acceptors (Lipinski definition) is 4. The van der Waals surface area contributed by atoms with E-state index in [1.165, 1.54) is 0 Å². The third kappa shape index (κ3) is 2.52. The first kappa shape index (κ1) is 11.0. The summed E-state index contributed by atoms with van der Waals surface area (Å²) in [6.07, 6.45) is 5.05. The summed E-state index contributed by atoms with van der Waals surface area (Å²) in [5, 5.41) is 0. The molecule has 0 radical (unpaired) electrons. The van der Waals surface area contributed by atoms with Crippen molar-refractivity contribution < 1.29 is 4.42 Å². The fourth-order valence-corrected chi connectivity index (χ4v) is 1.47. The van der Waals surface area contributed by atoms with Gasteiger partial charge in [0.15, 0.2) is 0 Å². The molecule has 0 atom stereocenters. The largest absolute Gasteiger partial charge is 0.467 e. The average Bonchev–Trinajstić information content (AvgIpc) is 2.82. The fraction of sp³-hybridized carbons (Fsp3) is 0.273. The molecule has 2 heterocycles.